The largest absolute Gasteiger partial charge is 0.345 e. The van der Waals surface area contributed by atoms with E-state index in [9.17, 15) is 0 Å². The van der Waals surface area contributed by atoms with Gasteiger partial charge in [0, 0.05) is 17.4 Å². The predicted octanol–water partition coefficient (Wildman–Crippen LogP) is 2.69. The van der Waals surface area contributed by atoms with Gasteiger partial charge in [-0.2, -0.15) is 15.8 Å². The number of hydrogen-bond acceptors (Lipinski definition) is 6. The summed E-state index contributed by atoms with van der Waals surface area (Å²) < 4.78 is 0. The molecule has 6 heteroatoms. The summed E-state index contributed by atoms with van der Waals surface area (Å²) in [6.45, 7) is 1.80. The Morgan fingerprint density at radius 2 is 1.86 bits per heavy atom. The van der Waals surface area contributed by atoms with Gasteiger partial charge < -0.3 is 5.32 Å². The molecule has 0 unspecified atom stereocenters. The van der Waals surface area contributed by atoms with Crippen molar-refractivity contribution in [2.24, 2.45) is 0 Å². The number of nitrogens with zero attached hydrogens (tertiary/aromatic N) is 5. The van der Waals surface area contributed by atoms with Gasteiger partial charge in [-0.15, -0.1) is 0 Å². The molecule has 0 spiro atoms. The Labute approximate surface area is 127 Å². The maximum atomic E-state index is 9.05. The Kier molecular flexibility index (Phi) is 4.45. The molecule has 104 valence electrons. The highest BCUT2D eigenvalue weighted by atomic mass is 14.9. The van der Waals surface area contributed by atoms with Crippen molar-refractivity contribution in [3.05, 3.63) is 53.6 Å². The summed E-state index contributed by atoms with van der Waals surface area (Å²) in [5.41, 5.74) is 1.84. The third-order valence-electron chi connectivity index (χ3n) is 2.79. The lowest BCUT2D eigenvalue weighted by molar-refractivity contribution is 1.06. The van der Waals surface area contributed by atoms with Crippen LogP contribution in [0.5, 0.6) is 0 Å². The third kappa shape index (κ3) is 3.25. The summed E-state index contributed by atoms with van der Waals surface area (Å²) in [6, 6.07) is 14.2. The molecule has 0 saturated carbocycles. The SMILES string of the molecule is Cc1nccc(-c2cccc(NC(C#N)=C(C#N)C#N)c2)n1. The minimum absolute atomic E-state index is 0.0824. The maximum absolute atomic E-state index is 9.05. The van der Waals surface area contributed by atoms with Crippen LogP contribution in [0.4, 0.5) is 5.69 Å². The molecule has 2 aromatic rings. The topological polar surface area (TPSA) is 109 Å². The quantitative estimate of drug-likeness (QED) is 0.869. The van der Waals surface area contributed by atoms with Crippen LogP contribution in [-0.4, -0.2) is 9.97 Å². The Balaban J connectivity index is 2.39. The van der Waals surface area contributed by atoms with Crippen molar-refractivity contribution in [1.29, 1.82) is 15.8 Å². The highest BCUT2D eigenvalue weighted by molar-refractivity contribution is 5.67. The zero-order valence-electron chi connectivity index (χ0n) is 11.7. The normalized spacial score (nSPS) is 9.00. The highest BCUT2D eigenvalue weighted by Crippen LogP contribution is 2.22. The number of benzene rings is 1. The number of aromatic nitrogens is 2. The van der Waals surface area contributed by atoms with Crippen LogP contribution < -0.4 is 5.32 Å². The Bertz CT molecular complexity index is 845. The van der Waals surface area contributed by atoms with Crippen LogP contribution in [0.1, 0.15) is 5.82 Å². The van der Waals surface area contributed by atoms with Gasteiger partial charge >= 0.3 is 0 Å². The molecule has 1 heterocycles. The van der Waals surface area contributed by atoms with E-state index >= 15 is 0 Å². The molecule has 0 aliphatic carbocycles. The Morgan fingerprint density at radius 3 is 2.50 bits per heavy atom. The van der Waals surface area contributed by atoms with E-state index in [1.54, 1.807) is 49.5 Å². The van der Waals surface area contributed by atoms with Crippen molar-refractivity contribution in [2.75, 3.05) is 5.32 Å². The molecule has 0 fully saturated rings. The van der Waals surface area contributed by atoms with Gasteiger partial charge in [0.15, 0.2) is 5.57 Å². The molecule has 0 aliphatic rings. The van der Waals surface area contributed by atoms with Gasteiger partial charge in [-0.25, -0.2) is 9.97 Å². The van der Waals surface area contributed by atoms with Gasteiger partial charge in [-0.3, -0.25) is 0 Å². The van der Waals surface area contributed by atoms with E-state index in [4.69, 9.17) is 15.8 Å². The molecule has 1 N–H and O–H groups in total. The monoisotopic (exact) mass is 286 g/mol. The lowest BCUT2D eigenvalue weighted by Crippen LogP contribution is -2.00. The van der Waals surface area contributed by atoms with Crippen LogP contribution in [-0.2, 0) is 0 Å². The maximum Gasteiger partial charge on any atom is 0.163 e. The molecular formula is C16H10N6. The third-order valence-corrected chi connectivity index (χ3v) is 2.79. The number of nitrogens with one attached hydrogen (secondary N) is 1. The number of nitriles is 3. The Hall–Kier alpha value is -3.69. The first-order chi connectivity index (χ1) is 10.7. The average molecular weight is 286 g/mol. The summed E-state index contributed by atoms with van der Waals surface area (Å²) in [7, 11) is 0. The van der Waals surface area contributed by atoms with E-state index < -0.39 is 0 Å². The van der Waals surface area contributed by atoms with Gasteiger partial charge in [0.25, 0.3) is 0 Å². The summed E-state index contributed by atoms with van der Waals surface area (Å²) in [5.74, 6) is 0.657. The summed E-state index contributed by atoms with van der Waals surface area (Å²) in [6.07, 6.45) is 1.67. The zero-order chi connectivity index (χ0) is 15.9. The second-order valence-corrected chi connectivity index (χ2v) is 4.28. The van der Waals surface area contributed by atoms with E-state index in [0.717, 1.165) is 11.3 Å². The van der Waals surface area contributed by atoms with Gasteiger partial charge in [0.05, 0.1) is 5.69 Å². The van der Waals surface area contributed by atoms with E-state index in [-0.39, 0.29) is 11.3 Å². The lowest BCUT2D eigenvalue weighted by Gasteiger charge is -2.07. The van der Waals surface area contributed by atoms with Gasteiger partial charge in [-0.05, 0) is 25.1 Å². The second kappa shape index (κ2) is 6.65. The fraction of sp³-hybridized carbons (Fsp3) is 0.0625. The highest BCUT2D eigenvalue weighted by Gasteiger charge is 2.07. The molecule has 0 saturated heterocycles. The first kappa shape index (κ1) is 14.7. The molecule has 0 radical (unpaired) electrons. The number of rotatable bonds is 3. The molecule has 0 amide bonds. The summed E-state index contributed by atoms with van der Waals surface area (Å²) in [4.78, 5) is 8.38. The van der Waals surface area contributed by atoms with Crippen LogP contribution in [0.3, 0.4) is 0 Å². The van der Waals surface area contributed by atoms with E-state index in [1.807, 2.05) is 12.1 Å². The first-order valence-electron chi connectivity index (χ1n) is 6.29. The number of aryl methyl sites for hydroxylation is 1. The van der Waals surface area contributed by atoms with Crippen molar-refractivity contribution in [3.63, 3.8) is 0 Å². The van der Waals surface area contributed by atoms with Crippen molar-refractivity contribution in [2.45, 2.75) is 6.92 Å². The van der Waals surface area contributed by atoms with E-state index in [0.29, 0.717) is 11.5 Å². The van der Waals surface area contributed by atoms with Crippen LogP contribution in [0.2, 0.25) is 0 Å². The van der Waals surface area contributed by atoms with Gasteiger partial charge in [0.1, 0.15) is 29.7 Å². The lowest BCUT2D eigenvalue weighted by atomic mass is 10.1. The average Bonchev–Trinajstić information content (AvgIpc) is 2.55. The second-order valence-electron chi connectivity index (χ2n) is 4.28. The summed E-state index contributed by atoms with van der Waals surface area (Å²) in [5, 5.41) is 29.5. The molecule has 6 nitrogen and oxygen atoms in total. The number of hydrogen-bond donors (Lipinski definition) is 1. The van der Waals surface area contributed by atoms with Crippen molar-refractivity contribution in [1.82, 2.24) is 9.97 Å². The van der Waals surface area contributed by atoms with E-state index in [2.05, 4.69) is 15.3 Å². The zero-order valence-corrected chi connectivity index (χ0v) is 11.7. The first-order valence-corrected chi connectivity index (χ1v) is 6.29. The summed E-state index contributed by atoms with van der Waals surface area (Å²) >= 11 is 0. The van der Waals surface area contributed by atoms with Crippen molar-refractivity contribution < 1.29 is 0 Å². The molecule has 1 aromatic heterocycles. The number of allylic oxidation sites excluding steroid dienone is 2. The van der Waals surface area contributed by atoms with Crippen molar-refractivity contribution in [3.8, 4) is 29.5 Å². The standard InChI is InChI=1S/C16H10N6/c1-11-20-6-5-15(21-11)12-3-2-4-14(7-12)22-16(10-19)13(8-17)9-18/h2-7,22H,1H3. The smallest absolute Gasteiger partial charge is 0.163 e. The van der Waals surface area contributed by atoms with Crippen LogP contribution in [0.25, 0.3) is 11.3 Å². The molecule has 22 heavy (non-hydrogen) atoms. The molecular weight excluding hydrogens is 276 g/mol. The van der Waals surface area contributed by atoms with E-state index in [1.165, 1.54) is 0 Å². The van der Waals surface area contributed by atoms with Gasteiger partial charge in [0.2, 0.25) is 0 Å². The Morgan fingerprint density at radius 1 is 1.09 bits per heavy atom. The fourth-order valence-corrected chi connectivity index (χ4v) is 1.80. The van der Waals surface area contributed by atoms with Crippen molar-refractivity contribution >= 4 is 5.69 Å². The number of anilines is 1. The molecule has 0 aliphatic heterocycles. The van der Waals surface area contributed by atoms with Crippen LogP contribution in [0, 0.1) is 40.9 Å². The van der Waals surface area contributed by atoms with Gasteiger partial charge in [-0.1, -0.05) is 12.1 Å². The molecule has 2 rings (SSSR count). The minimum atomic E-state index is -0.259. The predicted molar refractivity (Wildman–Crippen MR) is 79.7 cm³/mol. The fourth-order valence-electron chi connectivity index (χ4n) is 1.80. The molecule has 1 aromatic carbocycles. The molecule has 0 atom stereocenters. The minimum Gasteiger partial charge on any atom is -0.345 e. The van der Waals surface area contributed by atoms with Crippen LogP contribution >= 0.6 is 0 Å². The van der Waals surface area contributed by atoms with Crippen LogP contribution in [0.15, 0.2) is 47.8 Å². The molecule has 0 bridgehead atoms.